The molecule has 0 radical (unpaired) electrons. The van der Waals surface area contributed by atoms with Crippen LogP contribution in [0.5, 0.6) is 0 Å². The van der Waals surface area contributed by atoms with Crippen LogP contribution in [0.4, 0.5) is 0 Å². The van der Waals surface area contributed by atoms with Crippen LogP contribution < -0.4 is 0 Å². The van der Waals surface area contributed by atoms with E-state index in [-0.39, 0.29) is 18.5 Å². The molecule has 0 fully saturated rings. The van der Waals surface area contributed by atoms with Crippen LogP contribution in [0.15, 0.2) is 24.4 Å². The van der Waals surface area contributed by atoms with Crippen molar-refractivity contribution in [2.75, 3.05) is 13.1 Å². The quantitative estimate of drug-likeness (QED) is 0.682. The van der Waals surface area contributed by atoms with Gasteiger partial charge in [0.25, 0.3) is 0 Å². The molecule has 1 N–H and O–H groups in total. The lowest BCUT2D eigenvalue weighted by Gasteiger charge is -2.21. The Balaban J connectivity index is 0.000001000. The van der Waals surface area contributed by atoms with Gasteiger partial charge in [0.1, 0.15) is 0 Å². The molecule has 0 aromatic carbocycles. The van der Waals surface area contributed by atoms with E-state index in [1.54, 1.807) is 6.92 Å². The number of allylic oxidation sites excluding steroid dienone is 2. The van der Waals surface area contributed by atoms with Gasteiger partial charge < -0.3 is 10.0 Å². The Hall–Kier alpha value is -0.470. The molecule has 0 bridgehead atoms. The zero-order chi connectivity index (χ0) is 7.40. The van der Waals surface area contributed by atoms with Crippen molar-refractivity contribution in [1.82, 2.24) is 4.90 Å². The third-order valence-electron chi connectivity index (χ3n) is 1.38. The molecule has 1 aliphatic rings. The van der Waals surface area contributed by atoms with Gasteiger partial charge in [-0.3, -0.25) is 0 Å². The summed E-state index contributed by atoms with van der Waals surface area (Å²) >= 11 is 0. The maximum Gasteiger partial charge on any atom is 0.0686 e. The van der Waals surface area contributed by atoms with Crippen molar-refractivity contribution in [3.05, 3.63) is 24.4 Å². The van der Waals surface area contributed by atoms with Crippen LogP contribution in [0.3, 0.4) is 0 Å². The summed E-state index contributed by atoms with van der Waals surface area (Å²) in [6.45, 7) is 3.44. The van der Waals surface area contributed by atoms with Crippen LogP contribution >= 0.6 is 12.4 Å². The lowest BCUT2D eigenvalue weighted by molar-refractivity contribution is 0.155. The SMILES string of the molecule is CC(O)CN1C=CC=CC1.Cl. The predicted octanol–water partition coefficient (Wildman–Crippen LogP) is 1.17. The second kappa shape index (κ2) is 5.22. The second-order valence-corrected chi connectivity index (χ2v) is 2.57. The highest BCUT2D eigenvalue weighted by Crippen LogP contribution is 1.98. The van der Waals surface area contributed by atoms with E-state index in [4.69, 9.17) is 5.11 Å². The predicted molar refractivity (Wildman–Crippen MR) is 48.8 cm³/mol. The van der Waals surface area contributed by atoms with Crippen LogP contribution in [0, 0.1) is 0 Å². The van der Waals surface area contributed by atoms with Crippen LogP contribution in [-0.4, -0.2) is 29.2 Å². The second-order valence-electron chi connectivity index (χ2n) is 2.57. The minimum absolute atomic E-state index is 0. The molecule has 11 heavy (non-hydrogen) atoms. The molecular formula is C8H14ClNO. The zero-order valence-corrected chi connectivity index (χ0v) is 7.42. The summed E-state index contributed by atoms with van der Waals surface area (Å²) < 4.78 is 0. The lowest BCUT2D eigenvalue weighted by Crippen LogP contribution is -2.27. The minimum Gasteiger partial charge on any atom is -0.392 e. The summed E-state index contributed by atoms with van der Waals surface area (Å²) in [6, 6.07) is 0. The molecule has 1 aliphatic heterocycles. The molecule has 1 atom stereocenters. The summed E-state index contributed by atoms with van der Waals surface area (Å²) in [7, 11) is 0. The molecule has 1 unspecified atom stereocenters. The third kappa shape index (κ3) is 4.06. The van der Waals surface area contributed by atoms with Gasteiger partial charge in [-0.05, 0) is 19.2 Å². The number of hydrogen-bond donors (Lipinski definition) is 1. The Bertz CT molecular complexity index is 154. The first kappa shape index (κ1) is 10.5. The maximum absolute atomic E-state index is 9.00. The van der Waals surface area contributed by atoms with Gasteiger partial charge in [-0.25, -0.2) is 0 Å². The number of aliphatic hydroxyl groups excluding tert-OH is 1. The van der Waals surface area contributed by atoms with Gasteiger partial charge in [0.05, 0.1) is 6.10 Å². The number of rotatable bonds is 2. The number of aliphatic hydroxyl groups is 1. The average molecular weight is 176 g/mol. The van der Waals surface area contributed by atoms with Crippen molar-refractivity contribution >= 4 is 12.4 Å². The standard InChI is InChI=1S/C8H13NO.ClH/c1-8(10)7-9-5-3-2-4-6-9;/h2-5,8,10H,6-7H2,1H3;1H. The maximum atomic E-state index is 9.00. The molecule has 0 spiro atoms. The van der Waals surface area contributed by atoms with Gasteiger partial charge in [0.2, 0.25) is 0 Å². The van der Waals surface area contributed by atoms with Crippen molar-refractivity contribution in [2.45, 2.75) is 13.0 Å². The molecule has 1 rings (SSSR count). The average Bonchev–Trinajstić information content (AvgIpc) is 1.88. The largest absolute Gasteiger partial charge is 0.392 e. The molecule has 0 aromatic heterocycles. The number of β-amino-alcohol motifs (C(OH)–C–C–N with tert-alkyl or cyclic N) is 1. The van der Waals surface area contributed by atoms with Crippen molar-refractivity contribution in [3.63, 3.8) is 0 Å². The normalized spacial score (nSPS) is 17.8. The molecule has 3 heteroatoms. The van der Waals surface area contributed by atoms with Gasteiger partial charge in [-0.2, -0.15) is 0 Å². The molecule has 0 aliphatic carbocycles. The van der Waals surface area contributed by atoms with E-state index in [9.17, 15) is 0 Å². The topological polar surface area (TPSA) is 23.5 Å². The fraction of sp³-hybridized carbons (Fsp3) is 0.500. The molecule has 0 saturated heterocycles. The number of nitrogens with zero attached hydrogens (tertiary/aromatic N) is 1. The fourth-order valence-corrected chi connectivity index (χ4v) is 0.982. The third-order valence-corrected chi connectivity index (χ3v) is 1.38. The molecular weight excluding hydrogens is 162 g/mol. The van der Waals surface area contributed by atoms with E-state index in [1.807, 2.05) is 18.4 Å². The van der Waals surface area contributed by atoms with Gasteiger partial charge in [-0.15, -0.1) is 12.4 Å². The first-order chi connectivity index (χ1) is 4.79. The van der Waals surface area contributed by atoms with Gasteiger partial charge >= 0.3 is 0 Å². The van der Waals surface area contributed by atoms with Crippen LogP contribution in [0.2, 0.25) is 0 Å². The van der Waals surface area contributed by atoms with Crippen molar-refractivity contribution in [1.29, 1.82) is 0 Å². The highest BCUT2D eigenvalue weighted by Gasteiger charge is 2.02. The van der Waals surface area contributed by atoms with Crippen LogP contribution in [0.25, 0.3) is 0 Å². The van der Waals surface area contributed by atoms with Gasteiger partial charge in [0, 0.05) is 13.1 Å². The monoisotopic (exact) mass is 175 g/mol. The van der Waals surface area contributed by atoms with E-state index in [1.165, 1.54) is 0 Å². The van der Waals surface area contributed by atoms with Gasteiger partial charge in [-0.1, -0.05) is 12.2 Å². The van der Waals surface area contributed by atoms with Crippen LogP contribution in [-0.2, 0) is 0 Å². The summed E-state index contributed by atoms with van der Waals surface area (Å²) in [5.41, 5.74) is 0. The zero-order valence-electron chi connectivity index (χ0n) is 6.60. The molecule has 0 saturated carbocycles. The van der Waals surface area contributed by atoms with E-state index in [0.29, 0.717) is 0 Å². The van der Waals surface area contributed by atoms with Crippen molar-refractivity contribution < 1.29 is 5.11 Å². The molecule has 1 heterocycles. The molecule has 0 aromatic rings. The highest BCUT2D eigenvalue weighted by atomic mass is 35.5. The molecule has 2 nitrogen and oxygen atoms in total. The Labute approximate surface area is 73.6 Å². The summed E-state index contributed by atoms with van der Waals surface area (Å²) in [5.74, 6) is 0. The summed E-state index contributed by atoms with van der Waals surface area (Å²) in [6.07, 6.45) is 7.82. The van der Waals surface area contributed by atoms with Crippen LogP contribution in [0.1, 0.15) is 6.92 Å². The minimum atomic E-state index is -0.240. The Kier molecular flexibility index (Phi) is 4.99. The van der Waals surface area contributed by atoms with E-state index >= 15 is 0 Å². The lowest BCUT2D eigenvalue weighted by atomic mass is 10.3. The Morgan fingerprint density at radius 3 is 2.73 bits per heavy atom. The van der Waals surface area contributed by atoms with E-state index in [2.05, 4.69) is 11.0 Å². The number of halogens is 1. The van der Waals surface area contributed by atoms with E-state index in [0.717, 1.165) is 13.1 Å². The van der Waals surface area contributed by atoms with E-state index < -0.39 is 0 Å². The Morgan fingerprint density at radius 2 is 2.27 bits per heavy atom. The first-order valence-electron chi connectivity index (χ1n) is 3.54. The van der Waals surface area contributed by atoms with Crippen molar-refractivity contribution in [3.8, 4) is 0 Å². The summed E-state index contributed by atoms with van der Waals surface area (Å²) in [5, 5.41) is 9.00. The molecule has 0 amide bonds. The highest BCUT2D eigenvalue weighted by molar-refractivity contribution is 5.85. The number of hydrogen-bond acceptors (Lipinski definition) is 2. The Morgan fingerprint density at radius 1 is 1.55 bits per heavy atom. The van der Waals surface area contributed by atoms with Gasteiger partial charge in [0.15, 0.2) is 0 Å². The summed E-state index contributed by atoms with van der Waals surface area (Å²) in [4.78, 5) is 2.07. The fourth-order valence-electron chi connectivity index (χ4n) is 0.982. The first-order valence-corrected chi connectivity index (χ1v) is 3.54. The van der Waals surface area contributed by atoms with Crippen molar-refractivity contribution in [2.24, 2.45) is 0 Å². The smallest absolute Gasteiger partial charge is 0.0686 e. The molecule has 64 valence electrons.